The lowest BCUT2D eigenvalue weighted by atomic mass is 10.1. The highest BCUT2D eigenvalue weighted by atomic mass is 32.2. The zero-order chi connectivity index (χ0) is 24.5. The molecule has 0 unspecified atom stereocenters. The Morgan fingerprint density at radius 3 is 2.35 bits per heavy atom. The quantitative estimate of drug-likeness (QED) is 0.403. The number of aromatic nitrogens is 3. The van der Waals surface area contributed by atoms with E-state index in [1.807, 2.05) is 57.3 Å². The van der Waals surface area contributed by atoms with Crippen LogP contribution in [0, 0.1) is 0 Å². The molecule has 1 heterocycles. The summed E-state index contributed by atoms with van der Waals surface area (Å²) in [5.41, 5.74) is 1.58. The molecule has 1 atom stereocenters. The highest BCUT2D eigenvalue weighted by Gasteiger charge is 2.18. The third-order valence-corrected chi connectivity index (χ3v) is 5.96. The van der Waals surface area contributed by atoms with E-state index in [0.717, 1.165) is 17.1 Å². The van der Waals surface area contributed by atoms with Crippen LogP contribution in [0.5, 0.6) is 11.5 Å². The zero-order valence-electron chi connectivity index (χ0n) is 19.7. The summed E-state index contributed by atoms with van der Waals surface area (Å²) >= 11 is 1.28. The molecule has 0 spiro atoms. The van der Waals surface area contributed by atoms with Crippen molar-refractivity contribution in [2.75, 3.05) is 24.8 Å². The number of carbonyl (C=O) groups is 2. The average molecular weight is 484 g/mol. The van der Waals surface area contributed by atoms with Crippen LogP contribution in [0.25, 0.3) is 0 Å². The summed E-state index contributed by atoms with van der Waals surface area (Å²) in [5, 5.41) is 14.8. The third kappa shape index (κ3) is 6.98. The molecule has 3 aromatic rings. The van der Waals surface area contributed by atoms with E-state index in [4.69, 9.17) is 9.47 Å². The number of carbonyl (C=O) groups excluding carboxylic acids is 2. The van der Waals surface area contributed by atoms with Gasteiger partial charge in [0.25, 0.3) is 0 Å². The van der Waals surface area contributed by atoms with Crippen molar-refractivity contribution in [2.24, 2.45) is 7.05 Å². The number of amides is 2. The van der Waals surface area contributed by atoms with Gasteiger partial charge in [-0.05, 0) is 55.8 Å². The minimum atomic E-state index is -0.338. The van der Waals surface area contributed by atoms with Crippen molar-refractivity contribution < 1.29 is 19.1 Å². The van der Waals surface area contributed by atoms with Crippen molar-refractivity contribution in [2.45, 2.75) is 31.5 Å². The smallest absolute Gasteiger partial charge is 0.234 e. The number of anilines is 1. The van der Waals surface area contributed by atoms with Crippen LogP contribution in [0.3, 0.4) is 0 Å². The van der Waals surface area contributed by atoms with Gasteiger partial charge in [0.2, 0.25) is 11.8 Å². The van der Waals surface area contributed by atoms with E-state index in [1.54, 1.807) is 23.8 Å². The van der Waals surface area contributed by atoms with Crippen LogP contribution >= 0.6 is 11.8 Å². The van der Waals surface area contributed by atoms with Gasteiger partial charge in [-0.15, -0.1) is 10.2 Å². The SMILES string of the molecule is CCOc1ccc(NC(=O)CSc2nnc([C@@H](C)NC(=O)Cc3ccc(OC)cc3)n2C)cc1. The summed E-state index contributed by atoms with van der Waals surface area (Å²) in [6, 6.07) is 14.2. The Balaban J connectivity index is 1.49. The van der Waals surface area contributed by atoms with Gasteiger partial charge in [-0.1, -0.05) is 23.9 Å². The average Bonchev–Trinajstić information content (AvgIpc) is 3.20. The Morgan fingerprint density at radius 1 is 1.03 bits per heavy atom. The van der Waals surface area contributed by atoms with E-state index in [0.29, 0.717) is 23.3 Å². The van der Waals surface area contributed by atoms with E-state index in [9.17, 15) is 9.59 Å². The van der Waals surface area contributed by atoms with Gasteiger partial charge >= 0.3 is 0 Å². The second-order valence-corrected chi connectivity index (χ2v) is 8.45. The second kappa shape index (κ2) is 12.1. The van der Waals surface area contributed by atoms with Gasteiger partial charge in [-0.2, -0.15) is 0 Å². The maximum absolute atomic E-state index is 12.4. The van der Waals surface area contributed by atoms with Crippen LogP contribution in [0.2, 0.25) is 0 Å². The molecule has 10 heteroatoms. The fourth-order valence-electron chi connectivity index (χ4n) is 3.24. The minimum Gasteiger partial charge on any atom is -0.497 e. The molecule has 0 bridgehead atoms. The molecule has 0 saturated heterocycles. The normalized spacial score (nSPS) is 11.5. The summed E-state index contributed by atoms with van der Waals surface area (Å²) < 4.78 is 12.3. The van der Waals surface area contributed by atoms with E-state index in [1.165, 1.54) is 11.8 Å². The minimum absolute atomic E-state index is 0.121. The number of rotatable bonds is 11. The molecule has 0 radical (unpaired) electrons. The number of methoxy groups -OCH3 is 1. The van der Waals surface area contributed by atoms with E-state index >= 15 is 0 Å². The summed E-state index contributed by atoms with van der Waals surface area (Å²) in [7, 11) is 3.42. The van der Waals surface area contributed by atoms with Crippen molar-refractivity contribution in [3.05, 3.63) is 59.9 Å². The Labute approximate surface area is 203 Å². The predicted octanol–water partition coefficient (Wildman–Crippen LogP) is 3.37. The number of ether oxygens (including phenoxy) is 2. The summed E-state index contributed by atoms with van der Waals surface area (Å²) in [6.07, 6.45) is 0.250. The van der Waals surface area contributed by atoms with Crippen LogP contribution in [-0.4, -0.2) is 46.0 Å². The Bertz CT molecular complexity index is 1100. The monoisotopic (exact) mass is 483 g/mol. The fourth-order valence-corrected chi connectivity index (χ4v) is 3.96. The molecule has 0 saturated carbocycles. The van der Waals surface area contributed by atoms with Crippen LogP contribution in [0.4, 0.5) is 5.69 Å². The lowest BCUT2D eigenvalue weighted by Gasteiger charge is -2.14. The van der Waals surface area contributed by atoms with Crippen molar-refractivity contribution >= 4 is 29.3 Å². The number of nitrogens with one attached hydrogen (secondary N) is 2. The lowest BCUT2D eigenvalue weighted by molar-refractivity contribution is -0.121. The Hall–Kier alpha value is -3.53. The molecule has 180 valence electrons. The summed E-state index contributed by atoms with van der Waals surface area (Å²) in [6.45, 7) is 4.36. The maximum Gasteiger partial charge on any atom is 0.234 e. The fraction of sp³-hybridized carbons (Fsp3) is 0.333. The van der Waals surface area contributed by atoms with E-state index < -0.39 is 0 Å². The molecule has 1 aromatic heterocycles. The van der Waals surface area contributed by atoms with Crippen molar-refractivity contribution in [3.63, 3.8) is 0 Å². The first-order valence-corrected chi connectivity index (χ1v) is 11.8. The number of hydrogen-bond donors (Lipinski definition) is 2. The molecule has 2 amide bonds. The molecule has 9 nitrogen and oxygen atoms in total. The molecule has 34 heavy (non-hydrogen) atoms. The first-order chi connectivity index (χ1) is 16.4. The van der Waals surface area contributed by atoms with Crippen LogP contribution in [0.15, 0.2) is 53.7 Å². The van der Waals surface area contributed by atoms with Crippen molar-refractivity contribution in [3.8, 4) is 11.5 Å². The van der Waals surface area contributed by atoms with Gasteiger partial charge in [0.05, 0.1) is 31.9 Å². The standard InChI is InChI=1S/C24H29N5O4S/c1-5-33-20-12-8-18(9-13-20)26-22(31)15-34-24-28-27-23(29(24)3)16(2)25-21(30)14-17-6-10-19(32-4)11-7-17/h6-13,16H,5,14-15H2,1-4H3,(H,25,30)(H,26,31)/t16-/m1/s1. The highest BCUT2D eigenvalue weighted by Crippen LogP contribution is 2.21. The Kier molecular flexibility index (Phi) is 8.92. The topological polar surface area (TPSA) is 107 Å². The number of nitrogens with zero attached hydrogens (tertiary/aromatic N) is 3. The van der Waals surface area contributed by atoms with Gasteiger partial charge < -0.3 is 24.7 Å². The molecular weight excluding hydrogens is 454 g/mol. The number of benzene rings is 2. The lowest BCUT2D eigenvalue weighted by Crippen LogP contribution is -2.29. The second-order valence-electron chi connectivity index (χ2n) is 7.51. The van der Waals surface area contributed by atoms with Gasteiger partial charge in [0, 0.05) is 12.7 Å². The largest absolute Gasteiger partial charge is 0.497 e. The first kappa shape index (κ1) is 25.1. The molecule has 2 N–H and O–H groups in total. The van der Waals surface area contributed by atoms with Crippen molar-refractivity contribution in [1.29, 1.82) is 0 Å². The van der Waals surface area contributed by atoms with Gasteiger partial charge in [0.15, 0.2) is 11.0 Å². The molecule has 0 fully saturated rings. The van der Waals surface area contributed by atoms with E-state index in [2.05, 4.69) is 20.8 Å². The molecule has 3 rings (SSSR count). The number of hydrogen-bond acceptors (Lipinski definition) is 7. The summed E-state index contributed by atoms with van der Waals surface area (Å²) in [4.78, 5) is 24.8. The molecular formula is C24H29N5O4S. The third-order valence-electron chi connectivity index (χ3n) is 4.94. The molecule has 0 aliphatic carbocycles. The van der Waals surface area contributed by atoms with Crippen LogP contribution in [-0.2, 0) is 23.1 Å². The predicted molar refractivity (Wildman–Crippen MR) is 131 cm³/mol. The maximum atomic E-state index is 12.4. The van der Waals surface area contributed by atoms with Crippen molar-refractivity contribution in [1.82, 2.24) is 20.1 Å². The number of thioether (sulfide) groups is 1. The summed E-state index contributed by atoms with van der Waals surface area (Å²) in [5.74, 6) is 2.01. The Morgan fingerprint density at radius 2 is 1.71 bits per heavy atom. The van der Waals surface area contributed by atoms with E-state index in [-0.39, 0.29) is 30.0 Å². The van der Waals surface area contributed by atoms with Gasteiger partial charge in [-0.25, -0.2) is 0 Å². The van der Waals surface area contributed by atoms with Gasteiger partial charge in [-0.3, -0.25) is 9.59 Å². The molecule has 0 aliphatic rings. The molecule has 0 aliphatic heterocycles. The van der Waals surface area contributed by atoms with Crippen LogP contribution < -0.4 is 20.1 Å². The van der Waals surface area contributed by atoms with Crippen LogP contribution in [0.1, 0.15) is 31.3 Å². The highest BCUT2D eigenvalue weighted by molar-refractivity contribution is 7.99. The zero-order valence-corrected chi connectivity index (χ0v) is 20.5. The first-order valence-electron chi connectivity index (χ1n) is 10.9. The molecule has 2 aromatic carbocycles. The van der Waals surface area contributed by atoms with Gasteiger partial charge in [0.1, 0.15) is 11.5 Å².